The number of esters is 2. The van der Waals surface area contributed by atoms with Gasteiger partial charge in [-0.05, 0) is 12.1 Å². The predicted molar refractivity (Wildman–Crippen MR) is 89.2 cm³/mol. The number of carbonyl (C=O) groups excluding carboxylic acids is 2. The van der Waals surface area contributed by atoms with Gasteiger partial charge in [0.1, 0.15) is 23.0 Å². The maximum Gasteiger partial charge on any atom is 0.316 e. The lowest BCUT2D eigenvalue weighted by atomic mass is 9.34. The number of hydrogen-bond donors (Lipinski definition) is 2. The number of ether oxygens (including phenoxy) is 2. The van der Waals surface area contributed by atoms with Crippen LogP contribution in [0.3, 0.4) is 0 Å². The highest BCUT2D eigenvalue weighted by Crippen LogP contribution is 2.71. The molecular weight excluding hydrogens is 336 g/mol. The van der Waals surface area contributed by atoms with Gasteiger partial charge in [-0.3, -0.25) is 9.59 Å². The van der Waals surface area contributed by atoms with Gasteiger partial charge in [-0.15, -0.1) is 0 Å². The van der Waals surface area contributed by atoms with E-state index in [4.69, 9.17) is 9.47 Å². The molecule has 132 valence electrons. The minimum atomic E-state index is -0.707. The molecule has 5 rings (SSSR count). The molecule has 2 aromatic carbocycles. The molecule has 4 atom stereocenters. The van der Waals surface area contributed by atoms with Gasteiger partial charge in [0.05, 0.1) is 11.8 Å². The summed E-state index contributed by atoms with van der Waals surface area (Å²) in [5.41, 5.74) is 0.127. The van der Waals surface area contributed by atoms with Gasteiger partial charge in [0.25, 0.3) is 0 Å². The Morgan fingerprint density at radius 1 is 0.769 bits per heavy atom. The second-order valence-electron chi connectivity index (χ2n) is 7.56. The lowest BCUT2D eigenvalue weighted by Crippen LogP contribution is -2.75. The smallest absolute Gasteiger partial charge is 0.316 e. The topological polar surface area (TPSA) is 93.1 Å². The largest absolute Gasteiger partial charge is 0.508 e. The van der Waals surface area contributed by atoms with E-state index in [0.29, 0.717) is 11.5 Å². The van der Waals surface area contributed by atoms with Crippen LogP contribution in [-0.4, -0.2) is 22.2 Å². The molecule has 6 nitrogen and oxygen atoms in total. The van der Waals surface area contributed by atoms with Crippen molar-refractivity contribution in [2.24, 2.45) is 11.8 Å². The molecule has 1 aliphatic carbocycles. The van der Waals surface area contributed by atoms with Crippen LogP contribution in [0.4, 0.5) is 0 Å². The Labute approximate surface area is 149 Å². The van der Waals surface area contributed by atoms with E-state index in [-0.39, 0.29) is 11.5 Å². The molecule has 0 saturated heterocycles. The molecule has 0 radical (unpaired) electrons. The number of fused-ring (bicyclic) bond motifs is 8. The van der Waals surface area contributed by atoms with Crippen molar-refractivity contribution >= 4 is 11.9 Å². The average Bonchev–Trinajstić information content (AvgIpc) is 2.56. The van der Waals surface area contributed by atoms with Gasteiger partial charge >= 0.3 is 11.9 Å². The number of carbonyl (C=O) groups is 2. The number of aromatic hydroxyl groups is 2. The van der Waals surface area contributed by atoms with Gasteiger partial charge in [0.2, 0.25) is 0 Å². The van der Waals surface area contributed by atoms with Gasteiger partial charge in [-0.25, -0.2) is 0 Å². The van der Waals surface area contributed by atoms with E-state index in [9.17, 15) is 19.8 Å². The summed E-state index contributed by atoms with van der Waals surface area (Å²) in [5, 5.41) is 19.5. The Bertz CT molecular complexity index is 930. The quantitative estimate of drug-likeness (QED) is 0.559. The summed E-state index contributed by atoms with van der Waals surface area (Å²) in [7, 11) is 0. The molecule has 2 aliphatic heterocycles. The van der Waals surface area contributed by atoms with Crippen molar-refractivity contribution in [1.82, 2.24) is 0 Å². The van der Waals surface area contributed by atoms with E-state index in [0.717, 1.165) is 11.1 Å². The first-order chi connectivity index (χ1) is 12.3. The Morgan fingerprint density at radius 3 is 1.54 bits per heavy atom. The van der Waals surface area contributed by atoms with E-state index < -0.39 is 34.6 Å². The molecule has 0 aromatic heterocycles. The first kappa shape index (κ1) is 15.3. The lowest BCUT2D eigenvalue weighted by Gasteiger charge is -2.67. The molecule has 2 aromatic rings. The maximum absolute atomic E-state index is 12.7. The SMILES string of the molecule is C[C@@]12c3ccc(O)cc3OC(=O)[C@@H]1[C@H]1C(=O)Oc3cc(O)ccc3[C@]12C. The van der Waals surface area contributed by atoms with Crippen molar-refractivity contribution < 1.29 is 29.3 Å². The molecule has 26 heavy (non-hydrogen) atoms. The highest BCUT2D eigenvalue weighted by molar-refractivity contribution is 5.95. The summed E-state index contributed by atoms with van der Waals surface area (Å²) < 4.78 is 10.8. The Balaban J connectivity index is 1.81. The number of rotatable bonds is 0. The van der Waals surface area contributed by atoms with E-state index in [1.807, 2.05) is 13.8 Å². The molecular formula is C20H16O6. The van der Waals surface area contributed by atoms with E-state index in [1.54, 1.807) is 24.3 Å². The molecule has 3 aliphatic rings. The van der Waals surface area contributed by atoms with Crippen molar-refractivity contribution in [1.29, 1.82) is 0 Å². The van der Waals surface area contributed by atoms with Crippen molar-refractivity contribution in [2.45, 2.75) is 24.7 Å². The van der Waals surface area contributed by atoms with Crippen molar-refractivity contribution in [2.75, 3.05) is 0 Å². The first-order valence-electron chi connectivity index (χ1n) is 8.39. The van der Waals surface area contributed by atoms with Crippen LogP contribution < -0.4 is 9.47 Å². The summed E-state index contributed by atoms with van der Waals surface area (Å²) in [4.78, 5) is 25.4. The van der Waals surface area contributed by atoms with E-state index in [2.05, 4.69) is 0 Å². The fraction of sp³-hybridized carbons (Fsp3) is 0.300. The Kier molecular flexibility index (Phi) is 2.57. The fourth-order valence-corrected chi connectivity index (χ4v) is 5.25. The summed E-state index contributed by atoms with van der Waals surface area (Å²) in [6.45, 7) is 3.89. The normalized spacial score (nSPS) is 33.6. The second-order valence-corrected chi connectivity index (χ2v) is 7.56. The molecule has 0 bridgehead atoms. The first-order valence-corrected chi connectivity index (χ1v) is 8.39. The van der Waals surface area contributed by atoms with Crippen molar-refractivity contribution in [3.63, 3.8) is 0 Å². The molecule has 1 saturated carbocycles. The standard InChI is InChI=1S/C20H16O6/c1-19-11-5-3-9(21)7-13(11)25-17(23)15(19)16-18(24)26-14-8-10(22)4-6-12(14)20(16,19)2/h3-8,15-16,21-22H,1-2H3/t15-,16-,19+,20+/m0/s1. The maximum atomic E-state index is 12.7. The third-order valence-electron chi connectivity index (χ3n) is 6.63. The summed E-state index contributed by atoms with van der Waals surface area (Å²) >= 11 is 0. The fourth-order valence-electron chi connectivity index (χ4n) is 5.25. The zero-order valence-corrected chi connectivity index (χ0v) is 14.1. The molecule has 0 amide bonds. The molecule has 6 heteroatoms. The third kappa shape index (κ3) is 1.45. The van der Waals surface area contributed by atoms with Gasteiger partial charge in [-0.2, -0.15) is 0 Å². The van der Waals surface area contributed by atoms with Gasteiger partial charge in [0, 0.05) is 34.1 Å². The highest BCUT2D eigenvalue weighted by Gasteiger charge is 2.77. The van der Waals surface area contributed by atoms with Crippen LogP contribution in [0.25, 0.3) is 0 Å². The lowest BCUT2D eigenvalue weighted by molar-refractivity contribution is -0.186. The Hall–Kier alpha value is -3.02. The van der Waals surface area contributed by atoms with Crippen LogP contribution in [-0.2, 0) is 20.4 Å². The molecule has 0 unspecified atom stereocenters. The second kappa shape index (κ2) is 4.38. The van der Waals surface area contributed by atoms with E-state index >= 15 is 0 Å². The zero-order chi connectivity index (χ0) is 18.4. The molecule has 2 heterocycles. The number of benzene rings is 2. The minimum absolute atomic E-state index is 0.00741. The molecule has 1 fully saturated rings. The average molecular weight is 352 g/mol. The monoisotopic (exact) mass is 352 g/mol. The number of phenolic OH excluding ortho intramolecular Hbond substituents is 2. The van der Waals surface area contributed by atoms with Gasteiger partial charge < -0.3 is 19.7 Å². The molecule has 0 spiro atoms. The highest BCUT2D eigenvalue weighted by atomic mass is 16.5. The van der Waals surface area contributed by atoms with Crippen LogP contribution in [0.1, 0.15) is 25.0 Å². The van der Waals surface area contributed by atoms with Crippen molar-refractivity contribution in [3.05, 3.63) is 47.5 Å². The predicted octanol–water partition coefficient (Wildman–Crippen LogP) is 2.40. The number of phenols is 2. The van der Waals surface area contributed by atoms with Crippen LogP contribution in [0, 0.1) is 11.8 Å². The minimum Gasteiger partial charge on any atom is -0.508 e. The Morgan fingerprint density at radius 2 is 1.15 bits per heavy atom. The van der Waals surface area contributed by atoms with E-state index in [1.165, 1.54) is 12.1 Å². The van der Waals surface area contributed by atoms with Crippen LogP contribution in [0.15, 0.2) is 36.4 Å². The molecule has 2 N–H and O–H groups in total. The van der Waals surface area contributed by atoms with Crippen LogP contribution in [0.5, 0.6) is 23.0 Å². The van der Waals surface area contributed by atoms with Gasteiger partial charge in [-0.1, -0.05) is 26.0 Å². The summed E-state index contributed by atoms with van der Waals surface area (Å²) in [6, 6.07) is 9.43. The summed E-state index contributed by atoms with van der Waals surface area (Å²) in [5.74, 6) is -1.68. The summed E-state index contributed by atoms with van der Waals surface area (Å²) in [6.07, 6.45) is 0. The third-order valence-corrected chi connectivity index (χ3v) is 6.63. The zero-order valence-electron chi connectivity index (χ0n) is 14.1. The van der Waals surface area contributed by atoms with Crippen molar-refractivity contribution in [3.8, 4) is 23.0 Å². The number of hydrogen-bond acceptors (Lipinski definition) is 6. The van der Waals surface area contributed by atoms with Crippen LogP contribution >= 0.6 is 0 Å². The van der Waals surface area contributed by atoms with Crippen LogP contribution in [0.2, 0.25) is 0 Å². The van der Waals surface area contributed by atoms with Gasteiger partial charge in [0.15, 0.2) is 0 Å².